The number of nitrogens with one attached hydrogen (secondary N) is 1. The monoisotopic (exact) mass is 263 g/mol. The van der Waals surface area contributed by atoms with E-state index in [1.165, 1.54) is 19.3 Å². The molecule has 0 aliphatic heterocycles. The molecular weight excluding hydrogens is 237 g/mol. The fraction of sp³-hybridized carbons (Fsp3) is 0.647. The largest absolute Gasteiger partial charge is 0.316 e. The maximum atomic E-state index is 13.8. The van der Waals surface area contributed by atoms with Gasteiger partial charge in [0.1, 0.15) is 5.82 Å². The van der Waals surface area contributed by atoms with Gasteiger partial charge >= 0.3 is 0 Å². The van der Waals surface area contributed by atoms with Crippen molar-refractivity contribution in [2.75, 3.05) is 13.1 Å². The van der Waals surface area contributed by atoms with Crippen LogP contribution in [0.3, 0.4) is 0 Å². The summed E-state index contributed by atoms with van der Waals surface area (Å²) in [5, 5.41) is 3.55. The first kappa shape index (κ1) is 14.5. The van der Waals surface area contributed by atoms with E-state index in [2.05, 4.69) is 19.2 Å². The molecule has 0 aromatic heterocycles. The standard InChI is InChI=1S/C17H26FN/c1-13(2)11-19-12-16(14-7-5-8-14)10-15-6-3-4-9-17(15)18/h3-4,6,9,13-14,16,19H,5,7-8,10-12H2,1-2H3. The van der Waals surface area contributed by atoms with Crippen LogP contribution in [0.2, 0.25) is 0 Å². The topological polar surface area (TPSA) is 12.0 Å². The van der Waals surface area contributed by atoms with Crippen LogP contribution < -0.4 is 5.32 Å². The summed E-state index contributed by atoms with van der Waals surface area (Å²) < 4.78 is 13.8. The van der Waals surface area contributed by atoms with Gasteiger partial charge < -0.3 is 5.32 Å². The molecule has 1 N–H and O–H groups in total. The van der Waals surface area contributed by atoms with Gasteiger partial charge in [-0.15, -0.1) is 0 Å². The van der Waals surface area contributed by atoms with Crippen molar-refractivity contribution in [2.45, 2.75) is 39.5 Å². The molecule has 0 radical (unpaired) electrons. The SMILES string of the molecule is CC(C)CNCC(Cc1ccccc1F)C1CCC1. The highest BCUT2D eigenvalue weighted by atomic mass is 19.1. The second-order valence-corrected chi connectivity index (χ2v) is 6.30. The van der Waals surface area contributed by atoms with Crippen LogP contribution in [0, 0.1) is 23.6 Å². The van der Waals surface area contributed by atoms with Gasteiger partial charge in [-0.1, -0.05) is 51.3 Å². The van der Waals surface area contributed by atoms with Crippen LogP contribution in [0.5, 0.6) is 0 Å². The molecule has 2 heteroatoms. The molecule has 1 saturated carbocycles. The highest BCUT2D eigenvalue weighted by Crippen LogP contribution is 2.35. The average molecular weight is 263 g/mol. The summed E-state index contributed by atoms with van der Waals surface area (Å²) in [4.78, 5) is 0. The lowest BCUT2D eigenvalue weighted by atomic mass is 9.73. The van der Waals surface area contributed by atoms with Crippen molar-refractivity contribution in [1.82, 2.24) is 5.32 Å². The lowest BCUT2D eigenvalue weighted by Gasteiger charge is -2.34. The molecule has 19 heavy (non-hydrogen) atoms. The summed E-state index contributed by atoms with van der Waals surface area (Å²) in [7, 11) is 0. The molecule has 0 heterocycles. The van der Waals surface area contributed by atoms with Gasteiger partial charge in [0, 0.05) is 0 Å². The maximum absolute atomic E-state index is 13.8. The molecule has 1 atom stereocenters. The van der Waals surface area contributed by atoms with Gasteiger partial charge in [0.25, 0.3) is 0 Å². The van der Waals surface area contributed by atoms with E-state index in [1.807, 2.05) is 12.1 Å². The van der Waals surface area contributed by atoms with Gasteiger partial charge in [0.15, 0.2) is 0 Å². The van der Waals surface area contributed by atoms with Crippen molar-refractivity contribution in [3.05, 3.63) is 35.6 Å². The Balaban J connectivity index is 1.92. The Bertz CT molecular complexity index is 385. The number of benzene rings is 1. The van der Waals surface area contributed by atoms with Gasteiger partial charge in [0.2, 0.25) is 0 Å². The zero-order chi connectivity index (χ0) is 13.7. The van der Waals surface area contributed by atoms with E-state index in [0.29, 0.717) is 11.8 Å². The minimum Gasteiger partial charge on any atom is -0.316 e. The summed E-state index contributed by atoms with van der Waals surface area (Å²) in [6.07, 6.45) is 4.87. The molecule has 0 bridgehead atoms. The molecule has 1 unspecified atom stereocenters. The van der Waals surface area contributed by atoms with E-state index in [0.717, 1.165) is 31.0 Å². The Morgan fingerprint density at radius 2 is 1.95 bits per heavy atom. The van der Waals surface area contributed by atoms with Crippen molar-refractivity contribution in [3.8, 4) is 0 Å². The van der Waals surface area contributed by atoms with Crippen molar-refractivity contribution >= 4 is 0 Å². The van der Waals surface area contributed by atoms with E-state index in [4.69, 9.17) is 0 Å². The molecule has 0 spiro atoms. The number of halogens is 1. The van der Waals surface area contributed by atoms with Crippen molar-refractivity contribution in [1.29, 1.82) is 0 Å². The average Bonchev–Trinajstić information content (AvgIpc) is 2.29. The zero-order valence-electron chi connectivity index (χ0n) is 12.2. The van der Waals surface area contributed by atoms with Crippen LogP contribution in [0.15, 0.2) is 24.3 Å². The first-order valence-corrected chi connectivity index (χ1v) is 7.61. The Hall–Kier alpha value is -0.890. The van der Waals surface area contributed by atoms with Crippen molar-refractivity contribution < 1.29 is 4.39 Å². The first-order valence-electron chi connectivity index (χ1n) is 7.61. The van der Waals surface area contributed by atoms with Crippen LogP contribution in [0.1, 0.15) is 38.7 Å². The van der Waals surface area contributed by atoms with Crippen molar-refractivity contribution in [3.63, 3.8) is 0 Å². The predicted molar refractivity (Wildman–Crippen MR) is 78.6 cm³/mol. The molecule has 1 fully saturated rings. The minimum absolute atomic E-state index is 0.0457. The first-order chi connectivity index (χ1) is 9.16. The third kappa shape index (κ3) is 4.31. The lowest BCUT2D eigenvalue weighted by molar-refractivity contribution is 0.197. The Morgan fingerprint density at radius 3 is 2.53 bits per heavy atom. The molecule has 1 aliphatic carbocycles. The fourth-order valence-electron chi connectivity index (χ4n) is 2.82. The third-order valence-corrected chi connectivity index (χ3v) is 4.22. The summed E-state index contributed by atoms with van der Waals surface area (Å²) in [5.41, 5.74) is 0.880. The molecule has 1 nitrogen and oxygen atoms in total. The van der Waals surface area contributed by atoms with E-state index in [9.17, 15) is 4.39 Å². The number of hydrogen-bond acceptors (Lipinski definition) is 1. The third-order valence-electron chi connectivity index (χ3n) is 4.22. The molecule has 0 saturated heterocycles. The lowest BCUT2D eigenvalue weighted by Crippen LogP contribution is -2.34. The quantitative estimate of drug-likeness (QED) is 0.783. The number of hydrogen-bond donors (Lipinski definition) is 1. The molecule has 1 aromatic carbocycles. The van der Waals surface area contributed by atoms with E-state index in [-0.39, 0.29) is 5.82 Å². The highest BCUT2D eigenvalue weighted by molar-refractivity contribution is 5.18. The predicted octanol–water partition coefficient (Wildman–Crippen LogP) is 4.03. The van der Waals surface area contributed by atoms with Crippen LogP contribution in [-0.2, 0) is 6.42 Å². The zero-order valence-corrected chi connectivity index (χ0v) is 12.2. The maximum Gasteiger partial charge on any atom is 0.126 e. The van der Waals surface area contributed by atoms with E-state index < -0.39 is 0 Å². The fourth-order valence-corrected chi connectivity index (χ4v) is 2.82. The number of rotatable bonds is 7. The second kappa shape index (κ2) is 7.04. The van der Waals surface area contributed by atoms with E-state index in [1.54, 1.807) is 12.1 Å². The second-order valence-electron chi connectivity index (χ2n) is 6.30. The van der Waals surface area contributed by atoms with Crippen LogP contribution in [0.4, 0.5) is 4.39 Å². The van der Waals surface area contributed by atoms with Crippen LogP contribution in [0.25, 0.3) is 0 Å². The smallest absolute Gasteiger partial charge is 0.126 e. The Kier molecular flexibility index (Phi) is 5.38. The van der Waals surface area contributed by atoms with Gasteiger partial charge in [0.05, 0.1) is 0 Å². The summed E-state index contributed by atoms with van der Waals surface area (Å²) in [5.74, 6) is 2.01. The molecule has 2 rings (SSSR count). The van der Waals surface area contributed by atoms with Gasteiger partial charge in [-0.2, -0.15) is 0 Å². The summed E-state index contributed by atoms with van der Waals surface area (Å²) in [6.45, 7) is 6.53. The van der Waals surface area contributed by atoms with Crippen molar-refractivity contribution in [2.24, 2.45) is 17.8 Å². The highest BCUT2D eigenvalue weighted by Gasteiger charge is 2.27. The van der Waals surface area contributed by atoms with Crippen LogP contribution >= 0.6 is 0 Å². The van der Waals surface area contributed by atoms with Gasteiger partial charge in [-0.25, -0.2) is 4.39 Å². The Labute approximate surface area is 116 Å². The normalized spacial score (nSPS) is 17.5. The van der Waals surface area contributed by atoms with Crippen LogP contribution in [-0.4, -0.2) is 13.1 Å². The molecule has 1 aromatic rings. The Morgan fingerprint density at radius 1 is 1.21 bits per heavy atom. The molecule has 1 aliphatic rings. The molecular formula is C17H26FN. The van der Waals surface area contributed by atoms with E-state index >= 15 is 0 Å². The van der Waals surface area contributed by atoms with Gasteiger partial charge in [-0.05, 0) is 48.9 Å². The van der Waals surface area contributed by atoms with Gasteiger partial charge in [-0.3, -0.25) is 0 Å². The minimum atomic E-state index is -0.0457. The summed E-state index contributed by atoms with van der Waals surface area (Å²) in [6, 6.07) is 7.23. The molecule has 0 amide bonds. The summed E-state index contributed by atoms with van der Waals surface area (Å²) >= 11 is 0. The molecule has 106 valence electrons.